The summed E-state index contributed by atoms with van der Waals surface area (Å²) < 4.78 is 0. The molecule has 0 amide bonds. The summed E-state index contributed by atoms with van der Waals surface area (Å²) >= 11 is 0. The van der Waals surface area contributed by atoms with Crippen LogP contribution in [0.1, 0.15) is 13.8 Å². The van der Waals surface area contributed by atoms with Crippen molar-refractivity contribution in [2.75, 3.05) is 6.16 Å². The molecule has 0 rings (SSSR count). The van der Waals surface area contributed by atoms with E-state index in [0.29, 0.717) is 0 Å². The van der Waals surface area contributed by atoms with Crippen LogP contribution < -0.4 is 0 Å². The summed E-state index contributed by atoms with van der Waals surface area (Å²) in [7, 11) is 1.42. The average Bonchev–Trinajstić information content (AvgIpc) is 1.69. The maximum absolute atomic E-state index is 2.17. The summed E-state index contributed by atoms with van der Waals surface area (Å²) in [5, 5.41) is 0. The van der Waals surface area contributed by atoms with Crippen molar-refractivity contribution in [1.29, 1.82) is 0 Å². The normalized spacial score (nSPS) is 11.7. The second kappa shape index (κ2) is 5.91. The van der Waals surface area contributed by atoms with Gasteiger partial charge in [-0.3, -0.25) is 0 Å². The Balaban J connectivity index is 3.09. The molecule has 0 saturated carbocycles. The summed E-state index contributed by atoms with van der Waals surface area (Å²) in [4.78, 5) is 0. The molecular formula is C6H11P. The minimum absolute atomic E-state index is 1.23. The quantitative estimate of drug-likeness (QED) is 0.483. The SMILES string of the molecule is CC=CC=PCC. The van der Waals surface area contributed by atoms with E-state index in [1.807, 2.05) is 13.0 Å². The van der Waals surface area contributed by atoms with Crippen molar-refractivity contribution in [1.82, 2.24) is 0 Å². The van der Waals surface area contributed by atoms with Gasteiger partial charge >= 0.3 is 0 Å². The van der Waals surface area contributed by atoms with E-state index in [2.05, 4.69) is 18.8 Å². The maximum Gasteiger partial charge on any atom is -0.0135 e. The topological polar surface area (TPSA) is 0 Å². The molecule has 0 nitrogen and oxygen atoms in total. The molecule has 7 heavy (non-hydrogen) atoms. The third kappa shape index (κ3) is 5.91. The standard InChI is InChI=1S/C6H11P/c1-3-5-6-7-4-2/h3,5-6H,4H2,1-2H3. The highest BCUT2D eigenvalue weighted by Crippen LogP contribution is 1.89. The molecule has 0 N–H and O–H groups in total. The first-order chi connectivity index (χ1) is 3.41. The molecule has 0 spiro atoms. The van der Waals surface area contributed by atoms with E-state index in [0.717, 1.165) is 0 Å². The van der Waals surface area contributed by atoms with Crippen LogP contribution in [0.3, 0.4) is 0 Å². The zero-order chi connectivity index (χ0) is 5.54. The Labute approximate surface area is 47.0 Å². The molecule has 1 heteroatoms. The lowest BCUT2D eigenvalue weighted by molar-refractivity contribution is 1.53. The smallest absolute Gasteiger partial charge is 0.0135 e. The summed E-state index contributed by atoms with van der Waals surface area (Å²) in [6.45, 7) is 4.20. The van der Waals surface area contributed by atoms with Crippen LogP contribution in [-0.2, 0) is 0 Å². The Morgan fingerprint density at radius 3 is 2.71 bits per heavy atom. The van der Waals surface area contributed by atoms with E-state index in [1.165, 1.54) is 14.4 Å². The fourth-order valence-electron chi connectivity index (χ4n) is 0.252. The van der Waals surface area contributed by atoms with Gasteiger partial charge in [-0.05, 0) is 18.9 Å². The van der Waals surface area contributed by atoms with Crippen LogP contribution in [-0.4, -0.2) is 12.0 Å². The molecule has 0 fully saturated rings. The summed E-state index contributed by atoms with van der Waals surface area (Å²) in [5.74, 6) is 2.15. The van der Waals surface area contributed by atoms with Gasteiger partial charge in [-0.15, -0.1) is 8.20 Å². The zero-order valence-corrected chi connectivity index (χ0v) is 5.78. The fraction of sp³-hybridized carbons (Fsp3) is 0.500. The van der Waals surface area contributed by atoms with Crippen LogP contribution in [0.5, 0.6) is 0 Å². The van der Waals surface area contributed by atoms with Crippen molar-refractivity contribution in [3.05, 3.63) is 12.2 Å². The van der Waals surface area contributed by atoms with Gasteiger partial charge in [-0.1, -0.05) is 19.1 Å². The molecule has 0 aliphatic carbocycles. The zero-order valence-electron chi connectivity index (χ0n) is 4.89. The van der Waals surface area contributed by atoms with E-state index in [4.69, 9.17) is 0 Å². The largest absolute Gasteiger partial charge is 0.105 e. The highest BCUT2D eigenvalue weighted by Gasteiger charge is 1.58. The predicted molar refractivity (Wildman–Crippen MR) is 38.3 cm³/mol. The Hall–Kier alpha value is -0.0900. The molecule has 40 valence electrons. The first-order valence-electron chi connectivity index (χ1n) is 2.53. The predicted octanol–water partition coefficient (Wildman–Crippen LogP) is 2.33. The Bertz CT molecular complexity index is 72.2. The summed E-state index contributed by atoms with van der Waals surface area (Å²) in [5.41, 5.74) is 0. The lowest BCUT2D eigenvalue weighted by Crippen LogP contribution is -1.54. The van der Waals surface area contributed by atoms with Crippen LogP contribution >= 0.6 is 8.20 Å². The van der Waals surface area contributed by atoms with Gasteiger partial charge < -0.3 is 0 Å². The van der Waals surface area contributed by atoms with Gasteiger partial charge in [0.25, 0.3) is 0 Å². The molecular weight excluding hydrogens is 103 g/mol. The minimum Gasteiger partial charge on any atom is -0.105 e. The first kappa shape index (κ1) is 6.91. The van der Waals surface area contributed by atoms with Crippen molar-refractivity contribution in [2.45, 2.75) is 13.8 Å². The number of rotatable bonds is 2. The van der Waals surface area contributed by atoms with Crippen LogP contribution in [0, 0.1) is 0 Å². The van der Waals surface area contributed by atoms with E-state index >= 15 is 0 Å². The molecule has 0 heterocycles. The molecule has 0 unspecified atom stereocenters. The van der Waals surface area contributed by atoms with E-state index in [-0.39, 0.29) is 0 Å². The van der Waals surface area contributed by atoms with E-state index in [1.54, 1.807) is 0 Å². The third-order valence-electron chi connectivity index (χ3n) is 0.566. The highest BCUT2D eigenvalue weighted by molar-refractivity contribution is 7.38. The van der Waals surface area contributed by atoms with Crippen LogP contribution in [0.15, 0.2) is 12.2 Å². The van der Waals surface area contributed by atoms with Crippen LogP contribution in [0.4, 0.5) is 0 Å². The molecule has 0 aromatic heterocycles. The Morgan fingerprint density at radius 1 is 1.57 bits per heavy atom. The van der Waals surface area contributed by atoms with Gasteiger partial charge in [0.05, 0.1) is 0 Å². The molecule has 0 aliphatic rings. The number of hydrogen-bond donors (Lipinski definition) is 0. The Morgan fingerprint density at radius 2 is 2.29 bits per heavy atom. The van der Waals surface area contributed by atoms with Gasteiger partial charge in [-0.2, -0.15) is 0 Å². The lowest BCUT2D eigenvalue weighted by Gasteiger charge is -1.69. The van der Waals surface area contributed by atoms with Crippen molar-refractivity contribution in [2.24, 2.45) is 0 Å². The van der Waals surface area contributed by atoms with E-state index < -0.39 is 0 Å². The van der Waals surface area contributed by atoms with Crippen LogP contribution in [0.2, 0.25) is 0 Å². The summed E-state index contributed by atoms with van der Waals surface area (Å²) in [6, 6.07) is 0. The first-order valence-corrected chi connectivity index (χ1v) is 3.67. The lowest BCUT2D eigenvalue weighted by atomic mass is 10.6. The fourth-order valence-corrected chi connectivity index (χ4v) is 0.757. The summed E-state index contributed by atoms with van der Waals surface area (Å²) in [6.07, 6.45) is 5.35. The molecule has 0 bridgehead atoms. The van der Waals surface area contributed by atoms with Crippen molar-refractivity contribution >= 4 is 14.0 Å². The molecule has 0 saturated heterocycles. The second-order valence-electron chi connectivity index (χ2n) is 1.17. The van der Waals surface area contributed by atoms with Gasteiger partial charge in [0.2, 0.25) is 0 Å². The van der Waals surface area contributed by atoms with Gasteiger partial charge in [-0.25, -0.2) is 0 Å². The van der Waals surface area contributed by atoms with Crippen molar-refractivity contribution < 1.29 is 0 Å². The van der Waals surface area contributed by atoms with Crippen molar-refractivity contribution in [3.8, 4) is 0 Å². The molecule has 0 atom stereocenters. The van der Waals surface area contributed by atoms with Gasteiger partial charge in [0.1, 0.15) is 0 Å². The number of allylic oxidation sites excluding steroid dienone is 2. The molecule has 0 aliphatic heterocycles. The third-order valence-corrected chi connectivity index (χ3v) is 1.31. The highest BCUT2D eigenvalue weighted by atomic mass is 31.1. The van der Waals surface area contributed by atoms with Gasteiger partial charge in [0, 0.05) is 0 Å². The Kier molecular flexibility index (Phi) is 5.83. The monoisotopic (exact) mass is 114 g/mol. The second-order valence-corrected chi connectivity index (χ2v) is 2.47. The maximum atomic E-state index is 2.17. The van der Waals surface area contributed by atoms with Gasteiger partial charge in [0.15, 0.2) is 0 Å². The molecule has 0 radical (unpaired) electrons. The van der Waals surface area contributed by atoms with E-state index in [9.17, 15) is 0 Å². The molecule has 0 aromatic carbocycles. The minimum atomic E-state index is 1.23. The van der Waals surface area contributed by atoms with Crippen LogP contribution in [0.25, 0.3) is 0 Å². The molecule has 0 aromatic rings. The average molecular weight is 114 g/mol. The van der Waals surface area contributed by atoms with Crippen molar-refractivity contribution in [3.63, 3.8) is 0 Å². The number of hydrogen-bond acceptors (Lipinski definition) is 0.